The van der Waals surface area contributed by atoms with E-state index in [-0.39, 0.29) is 12.4 Å². The molecule has 0 fully saturated rings. The normalized spacial score (nSPS) is 13.6. The zero-order valence-corrected chi connectivity index (χ0v) is 11.9. The number of nitrogens with zero attached hydrogens (tertiary/aromatic N) is 1. The number of carboxylic acids is 1. The first-order valence-corrected chi connectivity index (χ1v) is 6.15. The Balaban J connectivity index is 2.60. The van der Waals surface area contributed by atoms with Crippen LogP contribution in [-0.4, -0.2) is 17.9 Å². The Morgan fingerprint density at radius 3 is 2.65 bits per heavy atom. The number of carbonyl (C=O) groups is 1. The van der Waals surface area contributed by atoms with E-state index in [9.17, 15) is 4.79 Å². The van der Waals surface area contributed by atoms with Gasteiger partial charge in [-0.1, -0.05) is 0 Å². The van der Waals surface area contributed by atoms with Gasteiger partial charge in [0.25, 0.3) is 0 Å². The van der Waals surface area contributed by atoms with Gasteiger partial charge >= 0.3 is 109 Å². The van der Waals surface area contributed by atoms with Gasteiger partial charge in [-0.2, -0.15) is 0 Å². The molecule has 1 N–H and O–H groups in total. The summed E-state index contributed by atoms with van der Waals surface area (Å²) in [6.07, 6.45) is 1.55. The fraction of sp³-hybridized carbons (Fsp3) is 0.182. The van der Waals surface area contributed by atoms with Crippen LogP contribution >= 0.6 is 0 Å². The van der Waals surface area contributed by atoms with Crippen LogP contribution in [-0.2, 0) is 24.4 Å². The third-order valence-electron chi connectivity index (χ3n) is 2.40. The van der Waals surface area contributed by atoms with E-state index in [1.807, 2.05) is 0 Å². The van der Waals surface area contributed by atoms with Crippen molar-refractivity contribution < 1.29 is 39.0 Å². The van der Waals surface area contributed by atoms with Crippen molar-refractivity contribution in [3.05, 3.63) is 23.8 Å². The van der Waals surface area contributed by atoms with E-state index in [0.29, 0.717) is 22.7 Å². The van der Waals surface area contributed by atoms with Gasteiger partial charge in [-0.15, -0.1) is 0 Å². The van der Waals surface area contributed by atoms with Gasteiger partial charge in [-0.3, -0.25) is 0 Å². The molecule has 0 amide bonds. The van der Waals surface area contributed by atoms with E-state index < -0.39 is 5.97 Å². The van der Waals surface area contributed by atoms with Crippen LogP contribution in [0.15, 0.2) is 21.7 Å². The van der Waals surface area contributed by atoms with Crippen LogP contribution in [0.25, 0.3) is 5.57 Å². The second-order valence-electron chi connectivity index (χ2n) is 3.32. The van der Waals surface area contributed by atoms with Crippen molar-refractivity contribution in [2.75, 3.05) is 6.79 Å². The molecule has 1 aliphatic rings. The molecular formula is C11H9NO4W. The Bertz CT molecular complexity index is 524. The molecule has 1 aromatic carbocycles. The Morgan fingerprint density at radius 2 is 2.12 bits per heavy atom. The molecule has 0 spiro atoms. The number of aliphatic carboxylic acids is 1. The number of ether oxygens (including phenoxy) is 2. The van der Waals surface area contributed by atoms with Crippen LogP contribution < -0.4 is 9.47 Å². The second kappa shape index (κ2) is 4.80. The van der Waals surface area contributed by atoms with Crippen molar-refractivity contribution in [1.82, 2.24) is 0 Å². The van der Waals surface area contributed by atoms with E-state index in [4.69, 9.17) is 14.6 Å². The Hall–Kier alpha value is -1.48. The van der Waals surface area contributed by atoms with Gasteiger partial charge in [0.1, 0.15) is 0 Å². The van der Waals surface area contributed by atoms with Crippen LogP contribution in [0.3, 0.4) is 0 Å². The number of fused-ring (bicyclic) bond motifs is 1. The van der Waals surface area contributed by atoms with Crippen molar-refractivity contribution in [3.8, 4) is 11.5 Å². The van der Waals surface area contributed by atoms with E-state index in [0.717, 1.165) is 19.6 Å². The van der Waals surface area contributed by atoms with Crippen LogP contribution in [0, 0.1) is 0 Å². The van der Waals surface area contributed by atoms with E-state index in [2.05, 4.69) is 3.50 Å². The molecule has 1 aromatic rings. The van der Waals surface area contributed by atoms with E-state index in [1.54, 1.807) is 25.1 Å². The molecule has 6 heteroatoms. The Labute approximate surface area is 109 Å². The SMILES string of the molecule is CC=C(C(=O)O)c1cc2c(cc1[N]=[W])OCO2. The third-order valence-corrected chi connectivity index (χ3v) is 3.11. The number of carboxylic acid groups (broad SMARTS) is 1. The van der Waals surface area contributed by atoms with Gasteiger partial charge in [0.15, 0.2) is 0 Å². The summed E-state index contributed by atoms with van der Waals surface area (Å²) in [6, 6.07) is 3.37. The maximum atomic E-state index is 11.1. The number of allylic oxidation sites excluding steroid dienone is 1. The minimum absolute atomic E-state index is 0.160. The van der Waals surface area contributed by atoms with E-state index >= 15 is 0 Å². The molecule has 1 aliphatic heterocycles. The van der Waals surface area contributed by atoms with Crippen molar-refractivity contribution in [2.45, 2.75) is 6.92 Å². The molecule has 5 nitrogen and oxygen atoms in total. The van der Waals surface area contributed by atoms with Gasteiger partial charge in [0.05, 0.1) is 0 Å². The summed E-state index contributed by atoms with van der Waals surface area (Å²) < 4.78 is 14.6. The predicted molar refractivity (Wildman–Crippen MR) is 55.9 cm³/mol. The summed E-state index contributed by atoms with van der Waals surface area (Å²) in [4.78, 5) is 11.1. The fourth-order valence-corrected chi connectivity index (χ4v) is 2.16. The minimum atomic E-state index is -0.980. The molecular weight excluding hydrogens is 394 g/mol. The fourth-order valence-electron chi connectivity index (χ4n) is 1.62. The van der Waals surface area contributed by atoms with Gasteiger partial charge < -0.3 is 0 Å². The molecule has 1 heterocycles. The zero-order chi connectivity index (χ0) is 12.4. The van der Waals surface area contributed by atoms with Crippen LogP contribution in [0.4, 0.5) is 5.69 Å². The Morgan fingerprint density at radius 1 is 1.47 bits per heavy atom. The molecule has 0 saturated carbocycles. The molecule has 0 bridgehead atoms. The average Bonchev–Trinajstić information content (AvgIpc) is 2.75. The summed E-state index contributed by atoms with van der Waals surface area (Å²) in [5, 5.41) is 9.12. The predicted octanol–water partition coefficient (Wildman–Crippen LogP) is 2.27. The second-order valence-corrected chi connectivity index (χ2v) is 3.98. The van der Waals surface area contributed by atoms with Crippen LogP contribution in [0.5, 0.6) is 11.5 Å². The molecule has 88 valence electrons. The third kappa shape index (κ3) is 2.15. The first kappa shape index (κ1) is 12.0. The van der Waals surface area contributed by atoms with Crippen molar-refractivity contribution in [2.24, 2.45) is 3.50 Å². The van der Waals surface area contributed by atoms with Gasteiger partial charge in [-0.25, -0.2) is 0 Å². The summed E-state index contributed by atoms with van der Waals surface area (Å²) in [5.41, 5.74) is 1.38. The maximum absolute atomic E-state index is 11.1. The number of hydrogen-bond acceptors (Lipinski definition) is 4. The van der Waals surface area contributed by atoms with Crippen LogP contribution in [0.1, 0.15) is 12.5 Å². The standard InChI is InChI=1S/C11H9NO4.W/c1-2-6(11(13)14)7-3-9-10(4-8(7)12)16-5-15-9;/h2-4H,5H2,1H3,(H,13,14);. The van der Waals surface area contributed by atoms with Crippen LogP contribution in [0.2, 0.25) is 0 Å². The van der Waals surface area contributed by atoms with Gasteiger partial charge in [0, 0.05) is 0 Å². The number of rotatable bonds is 3. The molecule has 0 aromatic heterocycles. The van der Waals surface area contributed by atoms with Gasteiger partial charge in [0.2, 0.25) is 0 Å². The summed E-state index contributed by atoms with van der Waals surface area (Å²) in [5.74, 6) is 0.184. The monoisotopic (exact) mass is 403 g/mol. The molecule has 0 saturated heterocycles. The number of benzene rings is 1. The number of hydrogen-bond donors (Lipinski definition) is 1. The van der Waals surface area contributed by atoms with Crippen molar-refractivity contribution >= 4 is 17.2 Å². The molecule has 2 rings (SSSR count). The summed E-state index contributed by atoms with van der Waals surface area (Å²) in [6.45, 7) is 1.84. The Kier molecular flexibility index (Phi) is 3.38. The summed E-state index contributed by atoms with van der Waals surface area (Å²) >= 11 is 1.00. The van der Waals surface area contributed by atoms with Crippen molar-refractivity contribution in [3.63, 3.8) is 0 Å². The average molecular weight is 403 g/mol. The van der Waals surface area contributed by atoms with E-state index in [1.165, 1.54) is 0 Å². The quantitative estimate of drug-likeness (QED) is 0.787. The molecule has 0 atom stereocenters. The first-order valence-electron chi connectivity index (χ1n) is 4.84. The topological polar surface area (TPSA) is 68.1 Å². The first-order chi connectivity index (χ1) is 8.17. The van der Waals surface area contributed by atoms with Crippen molar-refractivity contribution in [1.29, 1.82) is 0 Å². The molecule has 0 unspecified atom stereocenters. The van der Waals surface area contributed by atoms with Gasteiger partial charge in [-0.05, 0) is 0 Å². The molecule has 0 aliphatic carbocycles. The molecule has 0 radical (unpaired) electrons. The zero-order valence-electron chi connectivity index (χ0n) is 8.97. The summed E-state index contributed by atoms with van der Waals surface area (Å²) in [7, 11) is 0. The molecule has 17 heavy (non-hydrogen) atoms.